The summed E-state index contributed by atoms with van der Waals surface area (Å²) >= 11 is 0. The number of fused-ring (bicyclic) bond motifs is 4. The van der Waals surface area contributed by atoms with Crippen LogP contribution >= 0.6 is 0 Å². The van der Waals surface area contributed by atoms with Gasteiger partial charge in [-0.1, -0.05) is 25.1 Å². The molecule has 1 aromatic carbocycles. The summed E-state index contributed by atoms with van der Waals surface area (Å²) < 4.78 is 6.61. The zero-order valence-electron chi connectivity index (χ0n) is 14.6. The molecule has 2 aliphatic heterocycles. The van der Waals surface area contributed by atoms with E-state index in [-0.39, 0.29) is 11.8 Å². The molecule has 3 heterocycles. The van der Waals surface area contributed by atoms with E-state index in [4.69, 9.17) is 9.84 Å². The second-order valence-electron chi connectivity index (χ2n) is 7.62. The van der Waals surface area contributed by atoms with Crippen molar-refractivity contribution in [1.82, 2.24) is 9.99 Å². The molecule has 3 aliphatic rings. The van der Waals surface area contributed by atoms with Crippen LogP contribution in [0.4, 0.5) is 0 Å². The first-order chi connectivity index (χ1) is 12.3. The van der Waals surface area contributed by atoms with Gasteiger partial charge in [-0.15, -0.1) is 0 Å². The van der Waals surface area contributed by atoms with Crippen molar-refractivity contribution < 1.29 is 4.74 Å². The predicted octanol–water partition coefficient (Wildman–Crippen LogP) is 4.53. The topological polar surface area (TPSA) is 37.7 Å². The molecule has 1 unspecified atom stereocenters. The molecule has 0 amide bonds. The lowest BCUT2D eigenvalue weighted by atomic mass is 9.82. The van der Waals surface area contributed by atoms with Gasteiger partial charge in [0.15, 0.2) is 5.72 Å². The number of hydrogen-bond donors (Lipinski definition) is 0. The first-order valence-corrected chi connectivity index (χ1v) is 9.30. The molecule has 0 saturated heterocycles. The van der Waals surface area contributed by atoms with Crippen LogP contribution < -0.4 is 4.74 Å². The van der Waals surface area contributed by atoms with E-state index in [1.807, 2.05) is 12.4 Å². The number of benzene rings is 1. The van der Waals surface area contributed by atoms with E-state index in [1.165, 1.54) is 24.0 Å². The van der Waals surface area contributed by atoms with Gasteiger partial charge >= 0.3 is 0 Å². The van der Waals surface area contributed by atoms with Crippen molar-refractivity contribution in [1.29, 1.82) is 0 Å². The van der Waals surface area contributed by atoms with Crippen molar-refractivity contribution in [2.24, 2.45) is 11.0 Å². The van der Waals surface area contributed by atoms with Gasteiger partial charge in [0.05, 0.1) is 11.8 Å². The first kappa shape index (κ1) is 14.9. The molecule has 25 heavy (non-hydrogen) atoms. The van der Waals surface area contributed by atoms with Gasteiger partial charge in [0.25, 0.3) is 0 Å². The number of hydrogen-bond acceptors (Lipinski definition) is 4. The van der Waals surface area contributed by atoms with E-state index < -0.39 is 0 Å². The van der Waals surface area contributed by atoms with Crippen LogP contribution in [0.1, 0.15) is 56.2 Å². The fourth-order valence-corrected chi connectivity index (χ4v) is 4.49. The molecular weight excluding hydrogens is 310 g/mol. The van der Waals surface area contributed by atoms with E-state index in [2.05, 4.69) is 53.3 Å². The molecule has 0 radical (unpaired) electrons. The summed E-state index contributed by atoms with van der Waals surface area (Å²) in [6.07, 6.45) is 9.12. The quantitative estimate of drug-likeness (QED) is 0.769. The van der Waals surface area contributed by atoms with Crippen LogP contribution in [0.25, 0.3) is 0 Å². The largest absolute Gasteiger partial charge is 0.466 e. The van der Waals surface area contributed by atoms with Crippen LogP contribution in [0, 0.1) is 5.92 Å². The summed E-state index contributed by atoms with van der Waals surface area (Å²) in [6, 6.07) is 12.9. The molecule has 4 nitrogen and oxygen atoms in total. The number of pyridine rings is 1. The van der Waals surface area contributed by atoms with Gasteiger partial charge in [0.1, 0.15) is 5.75 Å². The Kier molecular flexibility index (Phi) is 3.34. The maximum absolute atomic E-state index is 6.61. The van der Waals surface area contributed by atoms with E-state index in [0.717, 1.165) is 36.6 Å². The van der Waals surface area contributed by atoms with Crippen LogP contribution in [-0.4, -0.2) is 21.4 Å². The standard InChI is InChI=1S/C21H23N3O/c1-15-6-10-21(11-7-15)24-19(17-4-2-3-5-20(17)25-21)14-18(23-24)16-8-12-22-13-9-16/h2-5,8-9,12-13,15,19H,6-7,10-11,14H2,1H3. The second kappa shape index (κ2) is 5.58. The summed E-state index contributed by atoms with van der Waals surface area (Å²) in [5, 5.41) is 7.37. The number of hydrazone groups is 1. The maximum atomic E-state index is 6.61. The van der Waals surface area contributed by atoms with Gasteiger partial charge < -0.3 is 4.74 Å². The van der Waals surface area contributed by atoms with Crippen LogP contribution in [0.2, 0.25) is 0 Å². The third-order valence-corrected chi connectivity index (χ3v) is 5.97. The third-order valence-electron chi connectivity index (χ3n) is 5.97. The van der Waals surface area contributed by atoms with Gasteiger partial charge in [-0.3, -0.25) is 4.98 Å². The van der Waals surface area contributed by atoms with Gasteiger partial charge in [-0.2, -0.15) is 5.10 Å². The van der Waals surface area contributed by atoms with Crippen LogP contribution in [0.5, 0.6) is 5.75 Å². The molecular formula is C21H23N3O. The lowest BCUT2D eigenvalue weighted by Gasteiger charge is -2.50. The number of nitrogens with zero attached hydrogens (tertiary/aromatic N) is 3. The fourth-order valence-electron chi connectivity index (χ4n) is 4.49. The molecule has 1 saturated carbocycles. The SMILES string of the molecule is CC1CCC2(CC1)Oc1ccccc1C1CC(c3ccncc3)=NN12. The van der Waals surface area contributed by atoms with Crippen LogP contribution in [0.3, 0.4) is 0 Å². The maximum Gasteiger partial charge on any atom is 0.198 e. The Morgan fingerprint density at radius 2 is 1.84 bits per heavy atom. The predicted molar refractivity (Wildman–Crippen MR) is 97.4 cm³/mol. The molecule has 4 heteroatoms. The zero-order valence-corrected chi connectivity index (χ0v) is 14.6. The van der Waals surface area contributed by atoms with Crippen molar-refractivity contribution in [3.8, 4) is 5.75 Å². The Morgan fingerprint density at radius 3 is 2.64 bits per heavy atom. The van der Waals surface area contributed by atoms with Gasteiger partial charge in [-0.05, 0) is 37.0 Å². The molecule has 128 valence electrons. The Hall–Kier alpha value is -2.36. The van der Waals surface area contributed by atoms with Crippen molar-refractivity contribution in [2.75, 3.05) is 0 Å². The highest BCUT2D eigenvalue weighted by molar-refractivity contribution is 6.01. The van der Waals surface area contributed by atoms with Crippen LogP contribution in [-0.2, 0) is 0 Å². The van der Waals surface area contributed by atoms with Gasteiger partial charge in [0.2, 0.25) is 0 Å². The highest BCUT2D eigenvalue weighted by atomic mass is 16.5. The Bertz CT molecular complexity index is 809. The molecule has 1 aromatic heterocycles. The summed E-state index contributed by atoms with van der Waals surface area (Å²) in [7, 11) is 0. The number of rotatable bonds is 1. The van der Waals surface area contributed by atoms with Gasteiger partial charge in [-0.25, -0.2) is 5.01 Å². The lowest BCUT2D eigenvalue weighted by molar-refractivity contribution is -0.145. The zero-order chi connectivity index (χ0) is 16.9. The highest BCUT2D eigenvalue weighted by Gasteiger charge is 2.51. The molecule has 1 atom stereocenters. The molecule has 2 aromatic rings. The van der Waals surface area contributed by atoms with Gasteiger partial charge in [0, 0.05) is 42.8 Å². The Morgan fingerprint density at radius 1 is 1.08 bits per heavy atom. The number of ether oxygens (including phenoxy) is 1. The minimum atomic E-state index is -0.277. The van der Waals surface area contributed by atoms with E-state index in [1.54, 1.807) is 0 Å². The smallest absolute Gasteiger partial charge is 0.198 e. The Balaban J connectivity index is 1.59. The van der Waals surface area contributed by atoms with Crippen molar-refractivity contribution in [2.45, 2.75) is 50.8 Å². The average Bonchev–Trinajstić information content (AvgIpc) is 3.12. The highest BCUT2D eigenvalue weighted by Crippen LogP contribution is 2.51. The monoisotopic (exact) mass is 333 g/mol. The summed E-state index contributed by atoms with van der Waals surface area (Å²) in [5.41, 5.74) is 3.30. The summed E-state index contributed by atoms with van der Waals surface area (Å²) in [6.45, 7) is 2.34. The fraction of sp³-hybridized carbons (Fsp3) is 0.429. The van der Waals surface area contributed by atoms with Crippen molar-refractivity contribution in [3.05, 3.63) is 59.9 Å². The van der Waals surface area contributed by atoms with Crippen molar-refractivity contribution >= 4 is 5.71 Å². The number of aromatic nitrogens is 1. The summed E-state index contributed by atoms with van der Waals surface area (Å²) in [4.78, 5) is 4.14. The average molecular weight is 333 g/mol. The van der Waals surface area contributed by atoms with E-state index in [9.17, 15) is 0 Å². The third kappa shape index (κ3) is 2.35. The second-order valence-corrected chi connectivity index (χ2v) is 7.62. The van der Waals surface area contributed by atoms with E-state index >= 15 is 0 Å². The molecule has 0 N–H and O–H groups in total. The minimum Gasteiger partial charge on any atom is -0.466 e. The number of para-hydroxylation sites is 1. The molecule has 1 fully saturated rings. The van der Waals surface area contributed by atoms with E-state index in [0.29, 0.717) is 0 Å². The lowest BCUT2D eigenvalue weighted by Crippen LogP contribution is -2.55. The minimum absolute atomic E-state index is 0.277. The van der Waals surface area contributed by atoms with Crippen LogP contribution in [0.15, 0.2) is 53.9 Å². The molecule has 1 aliphatic carbocycles. The molecule has 5 rings (SSSR count). The molecule has 1 spiro atoms. The molecule has 0 bridgehead atoms. The first-order valence-electron chi connectivity index (χ1n) is 9.30. The summed E-state index contributed by atoms with van der Waals surface area (Å²) in [5.74, 6) is 1.82. The van der Waals surface area contributed by atoms with Crippen molar-refractivity contribution in [3.63, 3.8) is 0 Å². The normalized spacial score (nSPS) is 30.4. The Labute approximate surface area is 148 Å².